The zero-order valence-electron chi connectivity index (χ0n) is 11.9. The third-order valence-electron chi connectivity index (χ3n) is 3.13. The molecule has 1 aliphatic heterocycles. The lowest BCUT2D eigenvalue weighted by Crippen LogP contribution is -2.45. The number of phenols is 1. The maximum atomic E-state index is 12.2. The second-order valence-electron chi connectivity index (χ2n) is 4.62. The number of rotatable bonds is 3. The number of hydrogen-bond acceptors (Lipinski definition) is 4. The number of benzene rings is 1. The van der Waals surface area contributed by atoms with Crippen molar-refractivity contribution < 1.29 is 19.4 Å². The molecule has 3 N–H and O–H groups in total. The molecule has 1 atom stereocenters. The topological polar surface area (TPSA) is 87.7 Å². The lowest BCUT2D eigenvalue weighted by molar-refractivity contribution is -0.139. The summed E-state index contributed by atoms with van der Waals surface area (Å²) in [5.41, 5.74) is 1.03. The van der Waals surface area contributed by atoms with E-state index >= 15 is 0 Å². The van der Waals surface area contributed by atoms with Crippen LogP contribution in [0.5, 0.6) is 5.75 Å². The summed E-state index contributed by atoms with van der Waals surface area (Å²) in [4.78, 5) is 24.0. The van der Waals surface area contributed by atoms with Gasteiger partial charge in [0.2, 0.25) is 0 Å². The van der Waals surface area contributed by atoms with Gasteiger partial charge in [0.1, 0.15) is 5.75 Å². The summed E-state index contributed by atoms with van der Waals surface area (Å²) in [5.74, 6) is -0.599. The minimum Gasteiger partial charge on any atom is -0.506 e. The smallest absolute Gasteiger partial charge is 0.338 e. The van der Waals surface area contributed by atoms with E-state index < -0.39 is 18.0 Å². The van der Waals surface area contributed by atoms with Gasteiger partial charge in [0, 0.05) is 15.7 Å². The number of allylic oxidation sites excluding steroid dienone is 1. The quantitative estimate of drug-likeness (QED) is 0.639. The van der Waals surface area contributed by atoms with Gasteiger partial charge in [-0.25, -0.2) is 9.59 Å². The highest BCUT2D eigenvalue weighted by Gasteiger charge is 2.34. The molecule has 1 aromatic rings. The van der Waals surface area contributed by atoms with Crippen molar-refractivity contribution in [1.29, 1.82) is 0 Å². The van der Waals surface area contributed by atoms with Crippen molar-refractivity contribution in [3.63, 3.8) is 0 Å². The fraction of sp³-hybridized carbons (Fsp3) is 0.286. The second kappa shape index (κ2) is 6.70. The van der Waals surface area contributed by atoms with E-state index in [2.05, 4.69) is 42.5 Å². The molecule has 22 heavy (non-hydrogen) atoms. The van der Waals surface area contributed by atoms with Gasteiger partial charge in [0.15, 0.2) is 0 Å². The van der Waals surface area contributed by atoms with Gasteiger partial charge in [0.05, 0.1) is 22.7 Å². The van der Waals surface area contributed by atoms with Crippen LogP contribution < -0.4 is 10.6 Å². The van der Waals surface area contributed by atoms with E-state index in [0.29, 0.717) is 20.2 Å². The SMILES string of the molecule is CCOC(=O)C1=C(C)NC(=O)NC1c1cc(Br)cc(Br)c1O. The normalized spacial score (nSPS) is 17.8. The Morgan fingerprint density at radius 3 is 2.73 bits per heavy atom. The summed E-state index contributed by atoms with van der Waals surface area (Å²) in [6, 6.07) is 2.05. The molecule has 0 bridgehead atoms. The van der Waals surface area contributed by atoms with Crippen molar-refractivity contribution in [2.24, 2.45) is 0 Å². The number of phenolic OH excluding ortho intramolecular Hbond substituents is 1. The van der Waals surface area contributed by atoms with E-state index in [4.69, 9.17) is 4.74 Å². The Morgan fingerprint density at radius 1 is 1.41 bits per heavy atom. The van der Waals surface area contributed by atoms with Crippen molar-refractivity contribution in [3.8, 4) is 5.75 Å². The fourth-order valence-electron chi connectivity index (χ4n) is 2.21. The predicted octanol–water partition coefficient (Wildman–Crippen LogP) is 3.11. The zero-order chi connectivity index (χ0) is 16.4. The van der Waals surface area contributed by atoms with Crippen molar-refractivity contribution in [3.05, 3.63) is 37.9 Å². The number of carbonyl (C=O) groups is 2. The third kappa shape index (κ3) is 3.27. The summed E-state index contributed by atoms with van der Waals surface area (Å²) in [6.45, 7) is 3.53. The maximum Gasteiger partial charge on any atom is 0.338 e. The Kier molecular flexibility index (Phi) is 5.12. The van der Waals surface area contributed by atoms with Crippen LogP contribution in [0.25, 0.3) is 0 Å². The molecule has 0 spiro atoms. The van der Waals surface area contributed by atoms with E-state index in [0.717, 1.165) is 0 Å². The molecule has 2 rings (SSSR count). The number of ether oxygens (including phenoxy) is 1. The molecule has 0 aliphatic carbocycles. The van der Waals surface area contributed by atoms with Crippen molar-refractivity contribution in [2.75, 3.05) is 6.61 Å². The monoisotopic (exact) mass is 432 g/mol. The summed E-state index contributed by atoms with van der Waals surface area (Å²) >= 11 is 6.57. The first-order valence-electron chi connectivity index (χ1n) is 6.48. The third-order valence-corrected chi connectivity index (χ3v) is 4.20. The first kappa shape index (κ1) is 16.8. The lowest BCUT2D eigenvalue weighted by Gasteiger charge is -2.28. The molecule has 0 saturated heterocycles. The van der Waals surface area contributed by atoms with E-state index in [9.17, 15) is 14.7 Å². The largest absolute Gasteiger partial charge is 0.506 e. The molecular weight excluding hydrogens is 420 g/mol. The molecular formula is C14H14Br2N2O4. The van der Waals surface area contributed by atoms with E-state index in [1.54, 1.807) is 26.0 Å². The zero-order valence-corrected chi connectivity index (χ0v) is 15.0. The van der Waals surface area contributed by atoms with Crippen molar-refractivity contribution in [1.82, 2.24) is 10.6 Å². The Hall–Kier alpha value is -1.54. The number of aromatic hydroxyl groups is 1. The minimum absolute atomic E-state index is 0.0509. The number of urea groups is 1. The van der Waals surface area contributed by atoms with Crippen LogP contribution in [0.15, 0.2) is 32.3 Å². The first-order chi connectivity index (χ1) is 10.3. The van der Waals surface area contributed by atoms with Crippen molar-refractivity contribution >= 4 is 43.9 Å². The minimum atomic E-state index is -0.804. The van der Waals surface area contributed by atoms with Crippen LogP contribution in [0.1, 0.15) is 25.5 Å². The Labute approximate surface area is 144 Å². The molecule has 1 unspecified atom stereocenters. The molecule has 1 aliphatic rings. The molecule has 6 nitrogen and oxygen atoms in total. The summed E-state index contributed by atoms with van der Waals surface area (Å²) in [6.07, 6.45) is 0. The van der Waals surface area contributed by atoms with Gasteiger partial charge in [0.25, 0.3) is 0 Å². The molecule has 0 saturated carbocycles. The Morgan fingerprint density at radius 2 is 2.09 bits per heavy atom. The van der Waals surface area contributed by atoms with Gasteiger partial charge in [-0.2, -0.15) is 0 Å². The first-order valence-corrected chi connectivity index (χ1v) is 8.07. The maximum absolute atomic E-state index is 12.2. The van der Waals surface area contributed by atoms with Crippen LogP contribution in [0, 0.1) is 0 Å². The van der Waals surface area contributed by atoms with E-state index in [1.807, 2.05) is 0 Å². The van der Waals surface area contributed by atoms with Crippen LogP contribution >= 0.6 is 31.9 Å². The highest BCUT2D eigenvalue weighted by Crippen LogP contribution is 2.39. The summed E-state index contributed by atoms with van der Waals surface area (Å²) in [5, 5.41) is 15.4. The number of halogens is 2. The Bertz CT molecular complexity index is 673. The molecule has 0 radical (unpaired) electrons. The molecule has 1 heterocycles. The van der Waals surface area contributed by atoms with Gasteiger partial charge in [-0.1, -0.05) is 15.9 Å². The highest BCUT2D eigenvalue weighted by molar-refractivity contribution is 9.11. The molecule has 1 aromatic carbocycles. The van der Waals surface area contributed by atoms with E-state index in [-0.39, 0.29) is 17.9 Å². The summed E-state index contributed by atoms with van der Waals surface area (Å²) in [7, 11) is 0. The molecule has 118 valence electrons. The van der Waals surface area contributed by atoms with Crippen LogP contribution in [0.3, 0.4) is 0 Å². The molecule has 2 amide bonds. The molecule has 0 aromatic heterocycles. The van der Waals surface area contributed by atoms with Gasteiger partial charge < -0.3 is 20.5 Å². The fourth-order valence-corrected chi connectivity index (χ4v) is 3.47. The second-order valence-corrected chi connectivity index (χ2v) is 6.39. The number of carbonyl (C=O) groups excluding carboxylic acids is 2. The van der Waals surface area contributed by atoms with Gasteiger partial charge >= 0.3 is 12.0 Å². The van der Waals surface area contributed by atoms with Crippen LogP contribution in [-0.2, 0) is 9.53 Å². The van der Waals surface area contributed by atoms with E-state index in [1.165, 1.54) is 0 Å². The molecule has 0 fully saturated rings. The van der Waals surface area contributed by atoms with Gasteiger partial charge in [-0.05, 0) is 41.9 Å². The average molecular weight is 434 g/mol. The lowest BCUT2D eigenvalue weighted by atomic mass is 9.95. The standard InChI is InChI=1S/C14H14Br2N2O4/c1-3-22-13(20)10-6(2)17-14(21)18-11(10)8-4-7(15)5-9(16)12(8)19/h4-5,11,19H,3H2,1-2H3,(H2,17,18,21). The highest BCUT2D eigenvalue weighted by atomic mass is 79.9. The van der Waals surface area contributed by atoms with Gasteiger partial charge in [-0.15, -0.1) is 0 Å². The van der Waals surface area contributed by atoms with Crippen LogP contribution in [0.2, 0.25) is 0 Å². The van der Waals surface area contributed by atoms with Crippen molar-refractivity contribution in [2.45, 2.75) is 19.9 Å². The molecule has 8 heteroatoms. The number of hydrogen-bond donors (Lipinski definition) is 3. The summed E-state index contributed by atoms with van der Waals surface area (Å²) < 4.78 is 6.19. The number of esters is 1. The number of amides is 2. The van der Waals surface area contributed by atoms with Crippen LogP contribution in [-0.4, -0.2) is 23.7 Å². The van der Waals surface area contributed by atoms with Gasteiger partial charge in [-0.3, -0.25) is 0 Å². The number of nitrogens with one attached hydrogen (secondary N) is 2. The Balaban J connectivity index is 2.58. The average Bonchev–Trinajstić information content (AvgIpc) is 2.42. The van der Waals surface area contributed by atoms with Crippen LogP contribution in [0.4, 0.5) is 4.79 Å². The predicted molar refractivity (Wildman–Crippen MR) is 87.2 cm³/mol.